The third-order valence-electron chi connectivity index (χ3n) is 9.78. The number of fused-ring (bicyclic) bond motifs is 3. The van der Waals surface area contributed by atoms with E-state index in [2.05, 4.69) is 4.98 Å². The zero-order valence-electron chi connectivity index (χ0n) is 29.6. The minimum absolute atomic E-state index is 0.138. The Labute approximate surface area is 321 Å². The molecule has 11 heteroatoms. The van der Waals surface area contributed by atoms with E-state index in [0.717, 1.165) is 45.3 Å². The molecule has 0 N–H and O–H groups in total. The molecule has 0 saturated carbocycles. The zero-order valence-corrected chi connectivity index (χ0v) is 29.6. The van der Waals surface area contributed by atoms with Crippen LogP contribution in [0.15, 0.2) is 164 Å². The number of hydrogen-bond donors (Lipinski definition) is 0. The molecule has 0 aliphatic rings. The van der Waals surface area contributed by atoms with Crippen LogP contribution in [0.3, 0.4) is 0 Å². The molecule has 0 aliphatic carbocycles. The van der Waals surface area contributed by atoms with Gasteiger partial charge in [-0.1, -0.05) is 91.0 Å². The third kappa shape index (κ3) is 6.77. The molecule has 9 rings (SSSR count). The van der Waals surface area contributed by atoms with Crippen molar-refractivity contribution in [3.8, 4) is 62.1 Å². The van der Waals surface area contributed by atoms with E-state index in [1.807, 2.05) is 120 Å². The van der Waals surface area contributed by atoms with E-state index in [1.54, 1.807) is 30.6 Å². The first-order chi connectivity index (χ1) is 27.5. The molecule has 0 radical (unpaired) electrons. The van der Waals surface area contributed by atoms with Crippen molar-refractivity contribution >= 4 is 21.8 Å². The minimum Gasteiger partial charge on any atom is -0.309 e. The number of rotatable bonds is 6. The van der Waals surface area contributed by atoms with Gasteiger partial charge in [0, 0.05) is 39.9 Å². The third-order valence-corrected chi connectivity index (χ3v) is 9.78. The second kappa shape index (κ2) is 13.9. The summed E-state index contributed by atoms with van der Waals surface area (Å²) in [4.78, 5) is 19.1. The van der Waals surface area contributed by atoms with Crippen molar-refractivity contribution in [3.05, 3.63) is 175 Å². The van der Waals surface area contributed by atoms with Crippen LogP contribution in [-0.2, 0) is 12.4 Å². The van der Waals surface area contributed by atoms with Crippen LogP contribution in [0.4, 0.5) is 26.3 Å². The smallest absolute Gasteiger partial charge is 0.309 e. The van der Waals surface area contributed by atoms with E-state index in [0.29, 0.717) is 39.6 Å². The lowest BCUT2D eigenvalue weighted by Gasteiger charge is -2.16. The fraction of sp³-hybridized carbons (Fsp3) is 0.0435. The van der Waals surface area contributed by atoms with Crippen molar-refractivity contribution in [2.75, 3.05) is 0 Å². The fourth-order valence-corrected chi connectivity index (χ4v) is 7.10. The highest BCUT2D eigenvalue weighted by atomic mass is 19.4. The molecule has 0 aliphatic heterocycles. The van der Waals surface area contributed by atoms with Crippen LogP contribution in [-0.4, -0.2) is 24.5 Å². The Kier molecular flexibility index (Phi) is 8.65. The van der Waals surface area contributed by atoms with Gasteiger partial charge in [0.05, 0.1) is 27.8 Å². The molecule has 0 fully saturated rings. The Morgan fingerprint density at radius 1 is 0.386 bits per heavy atom. The number of pyridine rings is 1. The first-order valence-electron chi connectivity index (χ1n) is 17.8. The van der Waals surface area contributed by atoms with Gasteiger partial charge in [-0.05, 0) is 82.9 Å². The van der Waals surface area contributed by atoms with Crippen molar-refractivity contribution in [3.63, 3.8) is 0 Å². The minimum atomic E-state index is -4.98. The first-order valence-corrected chi connectivity index (χ1v) is 17.8. The normalized spacial score (nSPS) is 12.0. The van der Waals surface area contributed by atoms with Crippen LogP contribution in [0.5, 0.6) is 0 Å². The van der Waals surface area contributed by atoms with Crippen LogP contribution in [0.1, 0.15) is 11.1 Å². The van der Waals surface area contributed by atoms with Crippen molar-refractivity contribution in [2.45, 2.75) is 12.4 Å². The Bertz CT molecular complexity index is 2830. The van der Waals surface area contributed by atoms with Gasteiger partial charge < -0.3 is 4.57 Å². The molecule has 278 valence electrons. The number of aromatic nitrogens is 5. The number of alkyl halides is 6. The summed E-state index contributed by atoms with van der Waals surface area (Å²) < 4.78 is 85.3. The highest BCUT2D eigenvalue weighted by Gasteiger charge is 2.37. The highest BCUT2D eigenvalue weighted by Crippen LogP contribution is 2.42. The maximum absolute atomic E-state index is 13.9. The molecule has 5 nitrogen and oxygen atoms in total. The molecule has 3 heterocycles. The molecular weight excluding hydrogens is 737 g/mol. The summed E-state index contributed by atoms with van der Waals surface area (Å²) in [5.41, 5.74) is 3.36. The molecule has 0 spiro atoms. The Balaban J connectivity index is 1.31. The average Bonchev–Trinajstić information content (AvgIpc) is 3.57. The quantitative estimate of drug-likeness (QED) is 0.158. The number of nitrogens with zero attached hydrogens (tertiary/aromatic N) is 5. The lowest BCUT2D eigenvalue weighted by molar-refractivity contribution is -0.143. The average molecular weight is 764 g/mol. The van der Waals surface area contributed by atoms with Crippen molar-refractivity contribution in [1.82, 2.24) is 24.5 Å². The van der Waals surface area contributed by atoms with Crippen molar-refractivity contribution in [1.29, 1.82) is 0 Å². The predicted octanol–water partition coefficient (Wildman–Crippen LogP) is 12.7. The standard InChI is InChI=1S/C46H27F6N5/c47-45(48,49)34-23-33(24-35(27-34)46(50,51)52)32-16-17-40-37(25-32)36-13-7-8-14-39(36)57(40)41-18-15-31(28-19-21-53-22-20-28)26-38(41)44-55-42(29-9-3-1-4-10-29)54-43(56-44)30-11-5-2-6-12-30/h1-27H. The van der Waals surface area contributed by atoms with Gasteiger partial charge in [0.2, 0.25) is 0 Å². The van der Waals surface area contributed by atoms with Crippen LogP contribution in [0, 0.1) is 0 Å². The highest BCUT2D eigenvalue weighted by molar-refractivity contribution is 6.11. The van der Waals surface area contributed by atoms with E-state index in [1.165, 1.54) is 0 Å². The fourth-order valence-electron chi connectivity index (χ4n) is 7.10. The Hall–Kier alpha value is -7.14. The lowest BCUT2D eigenvalue weighted by atomic mass is 9.97. The molecule has 0 bridgehead atoms. The molecule has 0 amide bonds. The molecule has 0 unspecified atom stereocenters. The molecular formula is C46H27F6N5. The number of halogens is 6. The second-order valence-corrected chi connectivity index (χ2v) is 13.4. The predicted molar refractivity (Wildman–Crippen MR) is 209 cm³/mol. The molecule has 57 heavy (non-hydrogen) atoms. The van der Waals surface area contributed by atoms with E-state index in [9.17, 15) is 26.3 Å². The number of hydrogen-bond acceptors (Lipinski definition) is 4. The van der Waals surface area contributed by atoms with Gasteiger partial charge >= 0.3 is 12.4 Å². The second-order valence-electron chi connectivity index (χ2n) is 13.4. The largest absolute Gasteiger partial charge is 0.416 e. The van der Waals surface area contributed by atoms with E-state index in [4.69, 9.17) is 15.0 Å². The van der Waals surface area contributed by atoms with Gasteiger partial charge in [-0.15, -0.1) is 0 Å². The maximum Gasteiger partial charge on any atom is 0.416 e. The van der Waals surface area contributed by atoms with Gasteiger partial charge in [-0.2, -0.15) is 26.3 Å². The van der Waals surface area contributed by atoms with E-state index in [-0.39, 0.29) is 17.2 Å². The number of benzene rings is 6. The van der Waals surface area contributed by atoms with Gasteiger partial charge in [0.1, 0.15) is 0 Å². The Morgan fingerprint density at radius 3 is 1.53 bits per heavy atom. The van der Waals surface area contributed by atoms with Gasteiger partial charge in [0.15, 0.2) is 17.5 Å². The summed E-state index contributed by atoms with van der Waals surface area (Å²) >= 11 is 0. The topological polar surface area (TPSA) is 56.5 Å². The summed E-state index contributed by atoms with van der Waals surface area (Å²) in [5, 5.41) is 1.37. The summed E-state index contributed by atoms with van der Waals surface area (Å²) in [6.45, 7) is 0. The summed E-state index contributed by atoms with van der Waals surface area (Å²) in [5.74, 6) is 1.32. The van der Waals surface area contributed by atoms with Gasteiger partial charge in [-0.25, -0.2) is 15.0 Å². The van der Waals surface area contributed by atoms with Crippen molar-refractivity contribution < 1.29 is 26.3 Å². The molecule has 6 aromatic carbocycles. The summed E-state index contributed by atoms with van der Waals surface area (Å²) in [6, 6.07) is 42.9. The molecule has 0 saturated heterocycles. The summed E-state index contributed by atoms with van der Waals surface area (Å²) in [6.07, 6.45) is -6.55. The SMILES string of the molecule is FC(F)(F)c1cc(-c2ccc3c(c2)c2ccccc2n3-c2ccc(-c3ccncc3)cc2-c2nc(-c3ccccc3)nc(-c3ccccc3)n2)cc(C(F)(F)F)c1. The zero-order chi connectivity index (χ0) is 39.3. The van der Waals surface area contributed by atoms with Gasteiger partial charge in [-0.3, -0.25) is 4.98 Å². The summed E-state index contributed by atoms with van der Waals surface area (Å²) in [7, 11) is 0. The number of para-hydroxylation sites is 1. The molecule has 3 aromatic heterocycles. The van der Waals surface area contributed by atoms with E-state index < -0.39 is 23.5 Å². The molecule has 0 atom stereocenters. The van der Waals surface area contributed by atoms with Crippen LogP contribution in [0.2, 0.25) is 0 Å². The van der Waals surface area contributed by atoms with Crippen LogP contribution < -0.4 is 0 Å². The van der Waals surface area contributed by atoms with Crippen LogP contribution in [0.25, 0.3) is 83.9 Å². The van der Waals surface area contributed by atoms with Crippen LogP contribution >= 0.6 is 0 Å². The van der Waals surface area contributed by atoms with Crippen molar-refractivity contribution in [2.24, 2.45) is 0 Å². The van der Waals surface area contributed by atoms with E-state index >= 15 is 0 Å². The first kappa shape index (κ1) is 35.6. The Morgan fingerprint density at radius 2 is 0.912 bits per heavy atom. The monoisotopic (exact) mass is 763 g/mol. The maximum atomic E-state index is 13.9. The lowest BCUT2D eigenvalue weighted by Crippen LogP contribution is -2.11. The molecule has 9 aromatic rings. The van der Waals surface area contributed by atoms with Gasteiger partial charge in [0.25, 0.3) is 0 Å².